The monoisotopic (exact) mass is 322 g/mol. The minimum Gasteiger partial charge on any atom is -0.434 e. The largest absolute Gasteiger partial charge is 0.513 e. The lowest BCUT2D eigenvalue weighted by atomic mass is 10.0. The average molecular weight is 322 g/mol. The second-order valence-electron chi connectivity index (χ2n) is 6.06. The Morgan fingerprint density at radius 1 is 0.958 bits per heavy atom. The van der Waals surface area contributed by atoms with Gasteiger partial charge in [-0.15, -0.1) is 0 Å². The lowest BCUT2D eigenvalue weighted by Gasteiger charge is -2.12. The van der Waals surface area contributed by atoms with Crippen LogP contribution in [-0.2, 0) is 4.74 Å². The molecule has 0 fully saturated rings. The smallest absolute Gasteiger partial charge is 0.434 e. The molecule has 0 aromatic heterocycles. The van der Waals surface area contributed by atoms with E-state index in [1.54, 1.807) is 0 Å². The van der Waals surface area contributed by atoms with Gasteiger partial charge in [-0.2, -0.15) is 0 Å². The second-order valence-corrected chi connectivity index (χ2v) is 6.06. The van der Waals surface area contributed by atoms with Crippen molar-refractivity contribution in [2.24, 2.45) is 0 Å². The van der Waals surface area contributed by atoms with Crippen molar-refractivity contribution in [3.63, 3.8) is 0 Å². The molecule has 0 aliphatic rings. The predicted molar refractivity (Wildman–Crippen MR) is 97.7 cm³/mol. The highest BCUT2D eigenvalue weighted by Gasteiger charge is 2.14. The van der Waals surface area contributed by atoms with Gasteiger partial charge in [0.1, 0.15) is 5.75 Å². The SMILES string of the molecule is CCCCCOC(=O)Oc1c2ccccc2cc2ccc(C)cc12. The van der Waals surface area contributed by atoms with E-state index >= 15 is 0 Å². The highest BCUT2D eigenvalue weighted by Crippen LogP contribution is 2.35. The first-order valence-corrected chi connectivity index (χ1v) is 8.46. The van der Waals surface area contributed by atoms with Gasteiger partial charge in [0.25, 0.3) is 0 Å². The van der Waals surface area contributed by atoms with Crippen LogP contribution in [0.2, 0.25) is 0 Å². The quantitative estimate of drug-likeness (QED) is 0.250. The predicted octanol–water partition coefficient (Wildman–Crippen LogP) is 6.01. The Kier molecular flexibility index (Phi) is 4.99. The first-order valence-electron chi connectivity index (χ1n) is 8.46. The van der Waals surface area contributed by atoms with Crippen molar-refractivity contribution in [2.45, 2.75) is 33.1 Å². The highest BCUT2D eigenvalue weighted by molar-refractivity contribution is 6.06. The number of hydrogen-bond donors (Lipinski definition) is 0. The molecule has 3 rings (SSSR count). The molecule has 0 unspecified atom stereocenters. The van der Waals surface area contributed by atoms with Crippen LogP contribution in [0.1, 0.15) is 31.7 Å². The highest BCUT2D eigenvalue weighted by atomic mass is 16.7. The van der Waals surface area contributed by atoms with Gasteiger partial charge in [0.2, 0.25) is 0 Å². The summed E-state index contributed by atoms with van der Waals surface area (Å²) in [4.78, 5) is 12.1. The van der Waals surface area contributed by atoms with Crippen molar-refractivity contribution in [1.82, 2.24) is 0 Å². The van der Waals surface area contributed by atoms with Crippen LogP contribution < -0.4 is 4.74 Å². The molecule has 3 aromatic carbocycles. The summed E-state index contributed by atoms with van der Waals surface area (Å²) in [6.07, 6.45) is 2.36. The third-order valence-electron chi connectivity index (χ3n) is 4.12. The van der Waals surface area contributed by atoms with E-state index in [0.29, 0.717) is 12.4 Å². The van der Waals surface area contributed by atoms with E-state index in [-0.39, 0.29) is 0 Å². The summed E-state index contributed by atoms with van der Waals surface area (Å²) in [7, 11) is 0. The van der Waals surface area contributed by atoms with Crippen molar-refractivity contribution < 1.29 is 14.3 Å². The van der Waals surface area contributed by atoms with Crippen molar-refractivity contribution in [2.75, 3.05) is 6.61 Å². The molecule has 0 saturated heterocycles. The maximum Gasteiger partial charge on any atom is 0.513 e. The van der Waals surface area contributed by atoms with Gasteiger partial charge < -0.3 is 9.47 Å². The van der Waals surface area contributed by atoms with E-state index in [2.05, 4.69) is 25.1 Å². The average Bonchev–Trinajstić information content (AvgIpc) is 2.59. The van der Waals surface area contributed by atoms with Crippen molar-refractivity contribution in [3.05, 3.63) is 54.1 Å². The fourth-order valence-corrected chi connectivity index (χ4v) is 2.87. The molecule has 0 atom stereocenters. The number of carbonyl (C=O) groups excluding carboxylic acids is 1. The van der Waals surface area contributed by atoms with Crippen LogP contribution in [0.15, 0.2) is 48.5 Å². The Balaban J connectivity index is 1.97. The molecule has 0 spiro atoms. The fourth-order valence-electron chi connectivity index (χ4n) is 2.87. The van der Waals surface area contributed by atoms with Crippen molar-refractivity contribution in [3.8, 4) is 5.75 Å². The number of ether oxygens (including phenoxy) is 2. The van der Waals surface area contributed by atoms with Gasteiger partial charge in [0, 0.05) is 10.8 Å². The molecule has 3 nitrogen and oxygen atoms in total. The summed E-state index contributed by atoms with van der Waals surface area (Å²) in [5.41, 5.74) is 1.12. The van der Waals surface area contributed by atoms with Crippen LogP contribution in [0, 0.1) is 6.92 Å². The zero-order chi connectivity index (χ0) is 16.9. The summed E-state index contributed by atoms with van der Waals surface area (Å²) >= 11 is 0. The molecule has 0 aliphatic heterocycles. The van der Waals surface area contributed by atoms with Crippen LogP contribution >= 0.6 is 0 Å². The van der Waals surface area contributed by atoms with Gasteiger partial charge in [-0.05, 0) is 36.2 Å². The summed E-state index contributed by atoms with van der Waals surface area (Å²) in [6.45, 7) is 4.54. The van der Waals surface area contributed by atoms with E-state index in [4.69, 9.17) is 9.47 Å². The summed E-state index contributed by atoms with van der Waals surface area (Å²) in [6, 6.07) is 16.2. The lowest BCUT2D eigenvalue weighted by molar-refractivity contribution is 0.0984. The Hall–Kier alpha value is -2.55. The summed E-state index contributed by atoms with van der Waals surface area (Å²) in [5, 5.41) is 3.94. The molecular weight excluding hydrogens is 300 g/mol. The molecule has 24 heavy (non-hydrogen) atoms. The Labute approximate surface area is 142 Å². The van der Waals surface area contributed by atoms with Gasteiger partial charge in [0.05, 0.1) is 6.61 Å². The van der Waals surface area contributed by atoms with E-state index in [1.807, 2.05) is 37.3 Å². The normalized spacial score (nSPS) is 10.9. The second kappa shape index (κ2) is 7.35. The molecule has 0 N–H and O–H groups in total. The molecule has 124 valence electrons. The topological polar surface area (TPSA) is 35.5 Å². The third-order valence-corrected chi connectivity index (χ3v) is 4.12. The van der Waals surface area contributed by atoms with E-state index in [1.165, 1.54) is 0 Å². The standard InChI is InChI=1S/C21H22O3/c1-3-4-7-12-23-21(22)24-20-18-9-6-5-8-16(18)14-17-11-10-15(2)13-19(17)20/h5-6,8-11,13-14H,3-4,7,12H2,1-2H3. The van der Waals surface area contributed by atoms with Gasteiger partial charge in [-0.25, -0.2) is 4.79 Å². The molecule has 0 saturated carbocycles. The zero-order valence-electron chi connectivity index (χ0n) is 14.2. The molecular formula is C21H22O3. The Bertz CT molecular complexity index is 867. The number of unbranched alkanes of at least 4 members (excludes halogenated alkanes) is 2. The molecule has 0 bridgehead atoms. The van der Waals surface area contributed by atoms with E-state index in [0.717, 1.165) is 46.4 Å². The van der Waals surface area contributed by atoms with Gasteiger partial charge in [-0.3, -0.25) is 0 Å². The number of aryl methyl sites for hydroxylation is 1. The van der Waals surface area contributed by atoms with Crippen LogP contribution in [0.3, 0.4) is 0 Å². The molecule has 0 radical (unpaired) electrons. The van der Waals surface area contributed by atoms with Gasteiger partial charge in [-0.1, -0.05) is 61.7 Å². The molecule has 0 heterocycles. The van der Waals surface area contributed by atoms with Crippen LogP contribution in [0.4, 0.5) is 4.79 Å². The first-order chi connectivity index (χ1) is 11.7. The zero-order valence-corrected chi connectivity index (χ0v) is 14.2. The summed E-state index contributed by atoms with van der Waals surface area (Å²) < 4.78 is 10.8. The maximum absolute atomic E-state index is 12.1. The van der Waals surface area contributed by atoms with Crippen molar-refractivity contribution >= 4 is 27.7 Å². The number of fused-ring (bicyclic) bond motifs is 2. The lowest BCUT2D eigenvalue weighted by Crippen LogP contribution is -2.12. The Morgan fingerprint density at radius 2 is 1.75 bits per heavy atom. The van der Waals surface area contributed by atoms with Crippen LogP contribution in [0.25, 0.3) is 21.5 Å². The minimum atomic E-state index is -0.634. The van der Waals surface area contributed by atoms with Crippen molar-refractivity contribution in [1.29, 1.82) is 0 Å². The van der Waals surface area contributed by atoms with Gasteiger partial charge in [0.15, 0.2) is 0 Å². The maximum atomic E-state index is 12.1. The first kappa shape index (κ1) is 16.3. The number of rotatable bonds is 5. The molecule has 3 aromatic rings. The van der Waals surface area contributed by atoms with Crippen LogP contribution in [-0.4, -0.2) is 12.8 Å². The number of benzene rings is 3. The molecule has 0 aliphatic carbocycles. The fraction of sp³-hybridized carbons (Fsp3) is 0.286. The van der Waals surface area contributed by atoms with Gasteiger partial charge >= 0.3 is 6.16 Å². The minimum absolute atomic E-state index is 0.397. The van der Waals surface area contributed by atoms with Crippen LogP contribution in [0.5, 0.6) is 5.75 Å². The molecule has 3 heteroatoms. The Morgan fingerprint density at radius 3 is 2.58 bits per heavy atom. The summed E-state index contributed by atoms with van der Waals surface area (Å²) in [5.74, 6) is 0.576. The van der Waals surface area contributed by atoms with E-state index < -0.39 is 6.16 Å². The number of hydrogen-bond acceptors (Lipinski definition) is 3. The third kappa shape index (κ3) is 3.51. The molecule has 0 amide bonds. The van der Waals surface area contributed by atoms with E-state index in [9.17, 15) is 4.79 Å². The number of carbonyl (C=O) groups is 1.